The second-order valence-corrected chi connectivity index (χ2v) is 8.87. The van der Waals surface area contributed by atoms with Gasteiger partial charge in [-0.15, -0.1) is 0 Å². The van der Waals surface area contributed by atoms with Crippen LogP contribution in [0.25, 0.3) is 0 Å². The number of pyridine rings is 1. The van der Waals surface area contributed by atoms with E-state index in [1.54, 1.807) is 0 Å². The van der Waals surface area contributed by atoms with Gasteiger partial charge in [-0.3, -0.25) is 4.79 Å². The Hall–Kier alpha value is -3.00. The number of rotatable bonds is 10. The minimum Gasteiger partial charge on any atom is -0.480 e. The second kappa shape index (κ2) is 10.7. The average Bonchev–Trinajstić information content (AvgIpc) is 2.79. The number of carbonyl (C=O) groups excluding carboxylic acids is 1. The molecule has 1 atom stereocenters. The number of carboxylic acid groups (broad SMARTS) is 1. The normalized spacial score (nSPS) is 20.2. The van der Waals surface area contributed by atoms with Crippen molar-refractivity contribution in [2.45, 2.75) is 57.1 Å². The fraction of sp³-hybridized carbons (Fsp3) is 0.480. The topological polar surface area (TPSA) is 101 Å². The molecule has 0 unspecified atom stereocenters. The van der Waals surface area contributed by atoms with Crippen molar-refractivity contribution in [1.29, 1.82) is 0 Å². The van der Waals surface area contributed by atoms with Gasteiger partial charge in [0.1, 0.15) is 17.7 Å². The third-order valence-corrected chi connectivity index (χ3v) is 6.42. The van der Waals surface area contributed by atoms with E-state index in [0.717, 1.165) is 56.6 Å². The SMILES string of the molecule is O=C(N[C@@H](CCO[C@H]1C[C@H](CCc2ccc3c(n2)NCCC3)C1)C(=O)O)c1ccc(F)cc1. The summed E-state index contributed by atoms with van der Waals surface area (Å²) < 4.78 is 18.8. The predicted octanol–water partition coefficient (Wildman–Crippen LogP) is 3.58. The molecule has 0 bridgehead atoms. The lowest BCUT2D eigenvalue weighted by Crippen LogP contribution is -2.42. The molecule has 1 aliphatic carbocycles. The van der Waals surface area contributed by atoms with Crippen LogP contribution in [0, 0.1) is 11.7 Å². The highest BCUT2D eigenvalue weighted by atomic mass is 19.1. The number of ether oxygens (including phenoxy) is 1. The molecule has 33 heavy (non-hydrogen) atoms. The highest BCUT2D eigenvalue weighted by molar-refractivity contribution is 5.96. The van der Waals surface area contributed by atoms with Crippen molar-refractivity contribution in [3.8, 4) is 0 Å². The number of amides is 1. The lowest BCUT2D eigenvalue weighted by Gasteiger charge is -2.35. The molecule has 1 saturated carbocycles. The van der Waals surface area contributed by atoms with Crippen LogP contribution in [0.15, 0.2) is 36.4 Å². The van der Waals surface area contributed by atoms with Gasteiger partial charge in [0.2, 0.25) is 0 Å². The minimum absolute atomic E-state index is 0.135. The number of carboxylic acids is 1. The maximum Gasteiger partial charge on any atom is 0.326 e. The molecule has 3 N–H and O–H groups in total. The molecule has 2 aliphatic rings. The largest absolute Gasteiger partial charge is 0.480 e. The average molecular weight is 456 g/mol. The van der Waals surface area contributed by atoms with Gasteiger partial charge in [-0.25, -0.2) is 14.2 Å². The summed E-state index contributed by atoms with van der Waals surface area (Å²) in [5.41, 5.74) is 2.64. The number of fused-ring (bicyclic) bond motifs is 1. The second-order valence-electron chi connectivity index (χ2n) is 8.87. The maximum absolute atomic E-state index is 13.0. The number of aliphatic carboxylic acids is 1. The summed E-state index contributed by atoms with van der Waals surface area (Å²) in [5.74, 6) is -0.489. The van der Waals surface area contributed by atoms with E-state index in [1.165, 1.54) is 29.8 Å². The third-order valence-electron chi connectivity index (χ3n) is 6.42. The van der Waals surface area contributed by atoms with E-state index in [1.807, 2.05) is 0 Å². The standard InChI is InChI=1S/C25H30FN3O4/c26-19-7-4-18(5-8-19)24(30)29-22(25(31)32)11-13-33-21-14-16(15-21)3-9-20-10-6-17-2-1-12-27-23(17)28-20/h4-8,10,16,21-22H,1-3,9,11-15H2,(H,27,28)(H,29,30)(H,31,32)/t16-,21-,22-/m0/s1. The van der Waals surface area contributed by atoms with Crippen LogP contribution in [0.2, 0.25) is 0 Å². The lowest BCUT2D eigenvalue weighted by molar-refractivity contribution is -0.140. The van der Waals surface area contributed by atoms with E-state index >= 15 is 0 Å². The summed E-state index contributed by atoms with van der Waals surface area (Å²) in [6, 6.07) is 8.24. The molecule has 0 saturated heterocycles. The maximum atomic E-state index is 13.0. The fourth-order valence-corrected chi connectivity index (χ4v) is 4.36. The number of nitrogens with zero attached hydrogens (tertiary/aromatic N) is 1. The number of hydrogen-bond donors (Lipinski definition) is 3. The van der Waals surface area contributed by atoms with Gasteiger partial charge in [-0.2, -0.15) is 0 Å². The van der Waals surface area contributed by atoms with Gasteiger partial charge >= 0.3 is 5.97 Å². The Morgan fingerprint density at radius 2 is 2.00 bits per heavy atom. The Labute approximate surface area is 192 Å². The molecule has 7 nitrogen and oxygen atoms in total. The molecule has 1 aliphatic heterocycles. The Bertz CT molecular complexity index is 976. The summed E-state index contributed by atoms with van der Waals surface area (Å²) >= 11 is 0. The Morgan fingerprint density at radius 3 is 2.76 bits per heavy atom. The number of aromatic nitrogens is 1. The van der Waals surface area contributed by atoms with Crippen molar-refractivity contribution in [3.63, 3.8) is 0 Å². The molecule has 0 radical (unpaired) electrons. The van der Waals surface area contributed by atoms with Gasteiger partial charge in [0.15, 0.2) is 0 Å². The van der Waals surface area contributed by atoms with Crippen LogP contribution in [0.1, 0.15) is 53.7 Å². The molecule has 2 heterocycles. The van der Waals surface area contributed by atoms with Crippen molar-refractivity contribution < 1.29 is 23.8 Å². The van der Waals surface area contributed by atoms with Crippen LogP contribution in [-0.4, -0.2) is 47.3 Å². The number of aryl methyl sites for hydroxylation is 2. The first-order valence-electron chi connectivity index (χ1n) is 11.6. The number of carbonyl (C=O) groups is 2. The van der Waals surface area contributed by atoms with Gasteiger partial charge in [0.25, 0.3) is 5.91 Å². The third kappa shape index (κ3) is 6.28. The first-order valence-corrected chi connectivity index (χ1v) is 11.6. The van der Waals surface area contributed by atoms with E-state index in [-0.39, 0.29) is 24.7 Å². The summed E-state index contributed by atoms with van der Waals surface area (Å²) in [7, 11) is 0. The van der Waals surface area contributed by atoms with Crippen molar-refractivity contribution in [3.05, 3.63) is 59.0 Å². The molecule has 8 heteroatoms. The van der Waals surface area contributed by atoms with E-state index in [4.69, 9.17) is 9.72 Å². The monoisotopic (exact) mass is 455 g/mol. The van der Waals surface area contributed by atoms with Crippen LogP contribution < -0.4 is 10.6 Å². The van der Waals surface area contributed by atoms with E-state index in [0.29, 0.717) is 5.92 Å². The summed E-state index contributed by atoms with van der Waals surface area (Å²) in [5, 5.41) is 15.3. The van der Waals surface area contributed by atoms with Gasteiger partial charge in [-0.05, 0) is 80.3 Å². The number of nitrogens with one attached hydrogen (secondary N) is 2. The Kier molecular flexibility index (Phi) is 7.54. The van der Waals surface area contributed by atoms with Crippen LogP contribution in [0.3, 0.4) is 0 Å². The molecule has 2 aromatic rings. The number of halogens is 1. The van der Waals surface area contributed by atoms with Crippen LogP contribution in [0.4, 0.5) is 10.2 Å². The molecule has 1 aromatic heterocycles. The zero-order valence-corrected chi connectivity index (χ0v) is 18.6. The van der Waals surface area contributed by atoms with Crippen LogP contribution >= 0.6 is 0 Å². The lowest BCUT2D eigenvalue weighted by atomic mass is 9.79. The zero-order valence-electron chi connectivity index (χ0n) is 18.6. The molecule has 1 aromatic carbocycles. The van der Waals surface area contributed by atoms with E-state index < -0.39 is 23.7 Å². The molecule has 176 valence electrons. The predicted molar refractivity (Wildman–Crippen MR) is 122 cm³/mol. The zero-order chi connectivity index (χ0) is 23.2. The Morgan fingerprint density at radius 1 is 1.21 bits per heavy atom. The molecule has 0 spiro atoms. The quantitative estimate of drug-likeness (QED) is 0.506. The van der Waals surface area contributed by atoms with E-state index in [2.05, 4.69) is 22.8 Å². The van der Waals surface area contributed by atoms with E-state index in [9.17, 15) is 19.1 Å². The van der Waals surface area contributed by atoms with Crippen LogP contribution in [-0.2, 0) is 22.4 Å². The van der Waals surface area contributed by atoms with Gasteiger partial charge in [0, 0.05) is 30.8 Å². The number of hydrogen-bond acceptors (Lipinski definition) is 5. The fourth-order valence-electron chi connectivity index (χ4n) is 4.36. The molecule has 1 fully saturated rings. The van der Waals surface area contributed by atoms with Crippen molar-refractivity contribution >= 4 is 17.7 Å². The molecule has 4 rings (SSSR count). The van der Waals surface area contributed by atoms with Gasteiger partial charge in [-0.1, -0.05) is 6.07 Å². The minimum atomic E-state index is -1.12. The highest BCUT2D eigenvalue weighted by Crippen LogP contribution is 2.34. The first kappa shape index (κ1) is 23.2. The van der Waals surface area contributed by atoms with Crippen LogP contribution in [0.5, 0.6) is 0 Å². The molecular weight excluding hydrogens is 425 g/mol. The first-order chi connectivity index (χ1) is 16.0. The van der Waals surface area contributed by atoms with Gasteiger partial charge in [0.05, 0.1) is 6.10 Å². The van der Waals surface area contributed by atoms with Crippen molar-refractivity contribution in [2.24, 2.45) is 5.92 Å². The molecule has 1 amide bonds. The summed E-state index contributed by atoms with van der Waals surface area (Å²) in [6.45, 7) is 1.25. The summed E-state index contributed by atoms with van der Waals surface area (Å²) in [6.07, 6.45) is 6.50. The molecular formula is C25H30FN3O4. The Balaban J connectivity index is 1.14. The highest BCUT2D eigenvalue weighted by Gasteiger charge is 2.30. The number of benzene rings is 1. The smallest absolute Gasteiger partial charge is 0.326 e. The van der Waals surface area contributed by atoms with Gasteiger partial charge < -0.3 is 20.5 Å². The summed E-state index contributed by atoms with van der Waals surface area (Å²) in [4.78, 5) is 28.4. The van der Waals surface area contributed by atoms with Crippen molar-refractivity contribution in [1.82, 2.24) is 10.3 Å². The number of anilines is 1. The van der Waals surface area contributed by atoms with Crippen molar-refractivity contribution in [2.75, 3.05) is 18.5 Å².